The second kappa shape index (κ2) is 5.99. The summed E-state index contributed by atoms with van der Waals surface area (Å²) in [6.07, 6.45) is 1.66. The van der Waals surface area contributed by atoms with Crippen molar-refractivity contribution in [3.63, 3.8) is 0 Å². The zero-order chi connectivity index (χ0) is 15.7. The molecule has 0 spiro atoms. The summed E-state index contributed by atoms with van der Waals surface area (Å²) in [5.41, 5.74) is 2.22. The first-order valence-corrected chi connectivity index (χ1v) is 7.85. The van der Waals surface area contributed by atoms with E-state index in [1.54, 1.807) is 18.2 Å². The summed E-state index contributed by atoms with van der Waals surface area (Å²) in [5.74, 6) is -0.316. The minimum absolute atomic E-state index is 0.294. The molecule has 1 aliphatic rings. The molecule has 0 radical (unpaired) electrons. The molecule has 22 heavy (non-hydrogen) atoms. The molecule has 0 unspecified atom stereocenters. The van der Waals surface area contributed by atoms with E-state index in [2.05, 4.69) is 0 Å². The fraction of sp³-hybridized carbons (Fsp3) is 0.0588. The highest BCUT2D eigenvalue weighted by molar-refractivity contribution is 8.19. The normalized spacial score (nSPS) is 16.6. The molecule has 2 amide bonds. The van der Waals surface area contributed by atoms with E-state index in [-0.39, 0.29) is 11.1 Å². The van der Waals surface area contributed by atoms with Crippen molar-refractivity contribution < 1.29 is 9.59 Å². The van der Waals surface area contributed by atoms with Crippen molar-refractivity contribution in [1.29, 1.82) is 0 Å². The van der Waals surface area contributed by atoms with E-state index in [0.717, 1.165) is 22.9 Å². The van der Waals surface area contributed by atoms with Crippen molar-refractivity contribution in [3.8, 4) is 0 Å². The Morgan fingerprint density at radius 3 is 2.45 bits per heavy atom. The summed E-state index contributed by atoms with van der Waals surface area (Å²) in [7, 11) is 0. The van der Waals surface area contributed by atoms with Gasteiger partial charge in [0.05, 0.1) is 10.6 Å². The minimum Gasteiger partial charge on any atom is -0.268 e. The summed E-state index contributed by atoms with van der Waals surface area (Å²) < 4.78 is 0. The first-order chi connectivity index (χ1) is 10.6. The van der Waals surface area contributed by atoms with E-state index in [9.17, 15) is 9.59 Å². The molecular formula is C17H12ClNO2S. The number of benzene rings is 2. The van der Waals surface area contributed by atoms with Gasteiger partial charge in [-0.15, -0.1) is 0 Å². The Bertz CT molecular complexity index is 801. The standard InChI is InChI=1S/C17H12ClNO2S/c1-11-6-2-5-9-14(11)19-16(20)15(22-17(19)21)10-12-7-3-4-8-13(12)18/h2-10H,1H3/b15-10-. The molecule has 3 rings (SSSR count). The molecule has 2 aromatic carbocycles. The van der Waals surface area contributed by atoms with Gasteiger partial charge in [0.25, 0.3) is 11.1 Å². The average Bonchev–Trinajstić information content (AvgIpc) is 2.77. The highest BCUT2D eigenvalue weighted by Gasteiger charge is 2.36. The van der Waals surface area contributed by atoms with Crippen LogP contribution in [0.4, 0.5) is 10.5 Å². The molecule has 1 fully saturated rings. The molecule has 1 heterocycles. The number of halogens is 1. The maximum absolute atomic E-state index is 12.6. The number of thioether (sulfide) groups is 1. The fourth-order valence-corrected chi connectivity index (χ4v) is 3.24. The Labute approximate surface area is 137 Å². The van der Waals surface area contributed by atoms with Crippen LogP contribution in [0.2, 0.25) is 5.02 Å². The number of hydrogen-bond acceptors (Lipinski definition) is 3. The Morgan fingerprint density at radius 2 is 1.73 bits per heavy atom. The number of hydrogen-bond donors (Lipinski definition) is 0. The predicted molar refractivity (Wildman–Crippen MR) is 91.1 cm³/mol. The molecule has 1 saturated heterocycles. The maximum atomic E-state index is 12.6. The number of carbonyl (C=O) groups excluding carboxylic acids is 2. The number of amides is 2. The number of carbonyl (C=O) groups is 2. The van der Waals surface area contributed by atoms with Crippen LogP contribution in [0.15, 0.2) is 53.4 Å². The number of imide groups is 1. The van der Waals surface area contributed by atoms with Crippen molar-refractivity contribution in [2.75, 3.05) is 4.90 Å². The van der Waals surface area contributed by atoms with Gasteiger partial charge < -0.3 is 0 Å². The molecule has 0 N–H and O–H groups in total. The largest absolute Gasteiger partial charge is 0.298 e. The lowest BCUT2D eigenvalue weighted by atomic mass is 10.1. The van der Waals surface area contributed by atoms with Crippen LogP contribution < -0.4 is 4.90 Å². The van der Waals surface area contributed by atoms with Gasteiger partial charge in [-0.3, -0.25) is 9.59 Å². The van der Waals surface area contributed by atoms with Gasteiger partial charge in [0.2, 0.25) is 0 Å². The lowest BCUT2D eigenvalue weighted by molar-refractivity contribution is -0.113. The van der Waals surface area contributed by atoms with Gasteiger partial charge in [-0.05, 0) is 48.0 Å². The maximum Gasteiger partial charge on any atom is 0.298 e. The molecule has 0 bridgehead atoms. The van der Waals surface area contributed by atoms with Crippen molar-refractivity contribution in [2.45, 2.75) is 6.92 Å². The smallest absolute Gasteiger partial charge is 0.268 e. The lowest BCUT2D eigenvalue weighted by Crippen LogP contribution is -2.28. The van der Waals surface area contributed by atoms with Crippen LogP contribution in [0.1, 0.15) is 11.1 Å². The molecule has 2 aromatic rings. The Balaban J connectivity index is 1.99. The summed E-state index contributed by atoms with van der Waals surface area (Å²) in [6.45, 7) is 1.87. The molecule has 1 aliphatic heterocycles. The first kappa shape index (κ1) is 14.9. The van der Waals surface area contributed by atoms with Crippen LogP contribution in [0.3, 0.4) is 0 Å². The summed E-state index contributed by atoms with van der Waals surface area (Å²) in [6, 6.07) is 14.5. The molecule has 0 aromatic heterocycles. The molecular weight excluding hydrogens is 318 g/mol. The zero-order valence-corrected chi connectivity index (χ0v) is 13.3. The summed E-state index contributed by atoms with van der Waals surface area (Å²) >= 11 is 7.03. The van der Waals surface area contributed by atoms with E-state index >= 15 is 0 Å². The van der Waals surface area contributed by atoms with Crippen molar-refractivity contribution >= 4 is 46.3 Å². The average molecular weight is 330 g/mol. The minimum atomic E-state index is -0.316. The zero-order valence-electron chi connectivity index (χ0n) is 11.7. The van der Waals surface area contributed by atoms with Crippen molar-refractivity contribution in [3.05, 3.63) is 69.6 Å². The van der Waals surface area contributed by atoms with Crippen molar-refractivity contribution in [1.82, 2.24) is 0 Å². The topological polar surface area (TPSA) is 37.4 Å². The number of anilines is 1. The third-order valence-electron chi connectivity index (χ3n) is 3.34. The van der Waals surface area contributed by atoms with Crippen molar-refractivity contribution in [2.24, 2.45) is 0 Å². The number of para-hydroxylation sites is 1. The number of nitrogens with zero attached hydrogens (tertiary/aromatic N) is 1. The van der Waals surface area contributed by atoms with Gasteiger partial charge in [-0.2, -0.15) is 0 Å². The lowest BCUT2D eigenvalue weighted by Gasteiger charge is -2.14. The molecule has 0 aliphatic carbocycles. The van der Waals surface area contributed by atoms with Gasteiger partial charge in [-0.1, -0.05) is 48.0 Å². The first-order valence-electron chi connectivity index (χ1n) is 6.66. The molecule has 5 heteroatoms. The monoisotopic (exact) mass is 329 g/mol. The molecule has 0 saturated carbocycles. The third kappa shape index (κ3) is 2.67. The number of aryl methyl sites for hydroxylation is 1. The van der Waals surface area contributed by atoms with E-state index < -0.39 is 0 Å². The Morgan fingerprint density at radius 1 is 1.05 bits per heavy atom. The highest BCUT2D eigenvalue weighted by atomic mass is 35.5. The predicted octanol–water partition coefficient (Wildman–Crippen LogP) is 4.89. The van der Waals surface area contributed by atoms with Crippen LogP contribution in [-0.2, 0) is 4.79 Å². The van der Waals surface area contributed by atoms with Gasteiger partial charge >= 0.3 is 0 Å². The van der Waals surface area contributed by atoms with E-state index in [1.165, 1.54) is 4.90 Å². The van der Waals surface area contributed by atoms with Gasteiger partial charge in [0.1, 0.15) is 0 Å². The van der Waals surface area contributed by atoms with Gasteiger partial charge in [-0.25, -0.2) is 4.90 Å². The van der Waals surface area contributed by atoms with E-state index in [4.69, 9.17) is 11.6 Å². The SMILES string of the molecule is Cc1ccccc1N1C(=O)S/C(=C\c2ccccc2Cl)C1=O. The Kier molecular flexibility index (Phi) is 4.05. The van der Waals surface area contributed by atoms with Crippen LogP contribution in [0.25, 0.3) is 6.08 Å². The quantitative estimate of drug-likeness (QED) is 0.736. The van der Waals surface area contributed by atoms with E-state index in [1.807, 2.05) is 43.3 Å². The van der Waals surface area contributed by atoms with Crippen LogP contribution in [0.5, 0.6) is 0 Å². The van der Waals surface area contributed by atoms with Crippen LogP contribution >= 0.6 is 23.4 Å². The highest BCUT2D eigenvalue weighted by Crippen LogP contribution is 2.37. The van der Waals surface area contributed by atoms with Gasteiger partial charge in [0, 0.05) is 5.02 Å². The van der Waals surface area contributed by atoms with Crippen LogP contribution in [0, 0.1) is 6.92 Å². The Hall–Kier alpha value is -2.04. The number of rotatable bonds is 2. The molecule has 3 nitrogen and oxygen atoms in total. The second-order valence-corrected chi connectivity index (χ2v) is 6.23. The third-order valence-corrected chi connectivity index (χ3v) is 4.56. The molecule has 0 atom stereocenters. The van der Waals surface area contributed by atoms with Crippen LogP contribution in [-0.4, -0.2) is 11.1 Å². The molecule has 110 valence electrons. The van der Waals surface area contributed by atoms with Gasteiger partial charge in [0.15, 0.2) is 0 Å². The summed E-state index contributed by atoms with van der Waals surface area (Å²) in [4.78, 5) is 26.4. The van der Waals surface area contributed by atoms with E-state index in [0.29, 0.717) is 15.6 Å². The second-order valence-electron chi connectivity index (χ2n) is 4.83. The summed E-state index contributed by atoms with van der Waals surface area (Å²) in [5, 5.41) is 0.253. The fourth-order valence-electron chi connectivity index (χ4n) is 2.22.